The molecule has 2 saturated heterocycles. The van der Waals surface area contributed by atoms with E-state index in [1.54, 1.807) is 0 Å². The van der Waals surface area contributed by atoms with E-state index < -0.39 is 0 Å². The molecule has 17 heavy (non-hydrogen) atoms. The molecule has 1 atom stereocenters. The summed E-state index contributed by atoms with van der Waals surface area (Å²) >= 11 is 0. The summed E-state index contributed by atoms with van der Waals surface area (Å²) in [4.78, 5) is 7.01. The zero-order valence-corrected chi connectivity index (χ0v) is 10.2. The molecule has 92 valence electrons. The third kappa shape index (κ3) is 2.28. The van der Waals surface area contributed by atoms with Gasteiger partial charge in [-0.05, 0) is 25.5 Å². The number of pyridine rings is 1. The Labute approximate surface area is 102 Å². The summed E-state index contributed by atoms with van der Waals surface area (Å²) in [5.41, 5.74) is 1.38. The summed E-state index contributed by atoms with van der Waals surface area (Å²) in [7, 11) is 0. The molecule has 2 N–H and O–H groups in total. The van der Waals surface area contributed by atoms with Gasteiger partial charge >= 0.3 is 0 Å². The Morgan fingerprint density at radius 3 is 2.88 bits per heavy atom. The molecule has 0 bridgehead atoms. The molecular formula is C13H20N4. The van der Waals surface area contributed by atoms with E-state index in [0.29, 0.717) is 6.04 Å². The molecule has 2 aliphatic heterocycles. The topological polar surface area (TPSA) is 40.2 Å². The Balaban J connectivity index is 1.86. The van der Waals surface area contributed by atoms with Gasteiger partial charge in [-0.15, -0.1) is 0 Å². The second-order valence-corrected chi connectivity index (χ2v) is 4.80. The van der Waals surface area contributed by atoms with Gasteiger partial charge in [0.25, 0.3) is 0 Å². The van der Waals surface area contributed by atoms with Crippen LogP contribution in [0.1, 0.15) is 24.4 Å². The van der Waals surface area contributed by atoms with Gasteiger partial charge in [0.15, 0.2) is 0 Å². The maximum absolute atomic E-state index is 4.61. The van der Waals surface area contributed by atoms with Crippen molar-refractivity contribution < 1.29 is 0 Å². The van der Waals surface area contributed by atoms with Gasteiger partial charge in [0.05, 0.1) is 0 Å². The van der Waals surface area contributed by atoms with Crippen molar-refractivity contribution in [2.75, 3.05) is 37.6 Å². The third-order valence-electron chi connectivity index (χ3n) is 3.67. The van der Waals surface area contributed by atoms with Crippen molar-refractivity contribution in [3.05, 3.63) is 23.9 Å². The van der Waals surface area contributed by atoms with Crippen molar-refractivity contribution in [1.29, 1.82) is 0 Å². The minimum atomic E-state index is 0.508. The van der Waals surface area contributed by atoms with Crippen LogP contribution in [0.25, 0.3) is 0 Å². The summed E-state index contributed by atoms with van der Waals surface area (Å²) in [5.74, 6) is 1.19. The zero-order valence-electron chi connectivity index (χ0n) is 10.2. The first kappa shape index (κ1) is 11.0. The van der Waals surface area contributed by atoms with Crippen LogP contribution in [0.4, 0.5) is 5.82 Å². The van der Waals surface area contributed by atoms with Gasteiger partial charge in [0.2, 0.25) is 0 Å². The van der Waals surface area contributed by atoms with Crippen molar-refractivity contribution in [2.45, 2.75) is 18.9 Å². The first-order valence-electron chi connectivity index (χ1n) is 6.59. The molecule has 1 aromatic rings. The van der Waals surface area contributed by atoms with Gasteiger partial charge in [-0.3, -0.25) is 0 Å². The number of aromatic nitrogens is 1. The monoisotopic (exact) mass is 232 g/mol. The highest BCUT2D eigenvalue weighted by molar-refractivity contribution is 5.49. The van der Waals surface area contributed by atoms with Crippen molar-refractivity contribution >= 4 is 5.82 Å². The maximum Gasteiger partial charge on any atom is 0.133 e. The average Bonchev–Trinajstić information content (AvgIpc) is 2.94. The summed E-state index contributed by atoms with van der Waals surface area (Å²) in [6.45, 7) is 5.40. The normalized spacial score (nSPS) is 25.2. The molecule has 2 aliphatic rings. The standard InChI is InChI=1S/C13H20N4/c1-3-11(12-4-2-5-15-12)13(16-6-1)17-9-7-14-8-10-17/h1,3,6,12,14-15H,2,4-5,7-10H2/t12-/m1/s1. The fourth-order valence-corrected chi connectivity index (χ4v) is 2.77. The Bertz CT molecular complexity index is 367. The van der Waals surface area contributed by atoms with Gasteiger partial charge in [-0.25, -0.2) is 4.98 Å². The van der Waals surface area contributed by atoms with E-state index in [1.807, 2.05) is 6.20 Å². The van der Waals surface area contributed by atoms with Gasteiger partial charge in [0, 0.05) is 44.0 Å². The van der Waals surface area contributed by atoms with Gasteiger partial charge < -0.3 is 15.5 Å². The summed E-state index contributed by atoms with van der Waals surface area (Å²) < 4.78 is 0. The molecule has 2 fully saturated rings. The highest BCUT2D eigenvalue weighted by Crippen LogP contribution is 2.29. The zero-order chi connectivity index (χ0) is 11.5. The highest BCUT2D eigenvalue weighted by atomic mass is 15.2. The van der Waals surface area contributed by atoms with Crippen LogP contribution in [0.5, 0.6) is 0 Å². The van der Waals surface area contributed by atoms with Crippen molar-refractivity contribution in [2.24, 2.45) is 0 Å². The minimum Gasteiger partial charge on any atom is -0.354 e. The van der Waals surface area contributed by atoms with E-state index in [9.17, 15) is 0 Å². The summed E-state index contributed by atoms with van der Waals surface area (Å²) in [6.07, 6.45) is 4.43. The number of rotatable bonds is 2. The Kier molecular flexibility index (Phi) is 3.25. The van der Waals surface area contributed by atoms with Crippen LogP contribution in [0.15, 0.2) is 18.3 Å². The van der Waals surface area contributed by atoms with E-state index >= 15 is 0 Å². The predicted molar refractivity (Wildman–Crippen MR) is 69.3 cm³/mol. The van der Waals surface area contributed by atoms with Crippen molar-refractivity contribution in [3.8, 4) is 0 Å². The Morgan fingerprint density at radius 2 is 2.12 bits per heavy atom. The summed E-state index contributed by atoms with van der Waals surface area (Å²) in [5, 5.41) is 6.96. The molecule has 0 unspecified atom stereocenters. The lowest BCUT2D eigenvalue weighted by atomic mass is 10.1. The average molecular weight is 232 g/mol. The fraction of sp³-hybridized carbons (Fsp3) is 0.615. The summed E-state index contributed by atoms with van der Waals surface area (Å²) in [6, 6.07) is 4.79. The largest absolute Gasteiger partial charge is 0.354 e. The maximum atomic E-state index is 4.61. The fourth-order valence-electron chi connectivity index (χ4n) is 2.77. The van der Waals surface area contributed by atoms with Crippen LogP contribution in [-0.2, 0) is 0 Å². The van der Waals surface area contributed by atoms with Gasteiger partial charge in [-0.2, -0.15) is 0 Å². The highest BCUT2D eigenvalue weighted by Gasteiger charge is 2.23. The molecule has 3 rings (SSSR count). The van der Waals surface area contributed by atoms with Crippen LogP contribution in [0.3, 0.4) is 0 Å². The van der Waals surface area contributed by atoms with E-state index in [4.69, 9.17) is 0 Å². The number of hydrogen-bond donors (Lipinski definition) is 2. The van der Waals surface area contributed by atoms with Crippen molar-refractivity contribution in [3.63, 3.8) is 0 Å². The first-order chi connectivity index (χ1) is 8.45. The second kappa shape index (κ2) is 5.02. The number of piperazine rings is 1. The molecule has 0 spiro atoms. The molecular weight excluding hydrogens is 212 g/mol. The molecule has 0 saturated carbocycles. The SMILES string of the molecule is c1cnc(N2CCNCC2)c([C@H]2CCCN2)c1. The van der Waals surface area contributed by atoms with E-state index in [0.717, 1.165) is 32.7 Å². The number of anilines is 1. The van der Waals surface area contributed by atoms with Crippen LogP contribution in [0.2, 0.25) is 0 Å². The van der Waals surface area contributed by atoms with Crippen LogP contribution >= 0.6 is 0 Å². The third-order valence-corrected chi connectivity index (χ3v) is 3.67. The van der Waals surface area contributed by atoms with Gasteiger partial charge in [-0.1, -0.05) is 6.07 Å². The Hall–Kier alpha value is -1.13. The molecule has 0 amide bonds. The smallest absolute Gasteiger partial charge is 0.133 e. The molecule has 3 heterocycles. The molecule has 0 aromatic carbocycles. The molecule has 4 nitrogen and oxygen atoms in total. The van der Waals surface area contributed by atoms with Crippen molar-refractivity contribution in [1.82, 2.24) is 15.6 Å². The lowest BCUT2D eigenvalue weighted by Gasteiger charge is -2.31. The molecule has 0 radical (unpaired) electrons. The number of nitrogens with zero attached hydrogens (tertiary/aromatic N) is 2. The quantitative estimate of drug-likeness (QED) is 0.795. The first-order valence-corrected chi connectivity index (χ1v) is 6.59. The predicted octanol–water partition coefficient (Wildman–Crippen LogP) is 0.916. The molecule has 4 heteroatoms. The number of nitrogens with one attached hydrogen (secondary N) is 2. The van der Waals surface area contributed by atoms with Gasteiger partial charge in [0.1, 0.15) is 5.82 Å². The minimum absolute atomic E-state index is 0.508. The Morgan fingerprint density at radius 1 is 1.24 bits per heavy atom. The lowest BCUT2D eigenvalue weighted by molar-refractivity contribution is 0.574. The van der Waals surface area contributed by atoms with Crippen LogP contribution in [-0.4, -0.2) is 37.7 Å². The lowest BCUT2D eigenvalue weighted by Crippen LogP contribution is -2.44. The molecule has 1 aromatic heterocycles. The number of hydrogen-bond acceptors (Lipinski definition) is 4. The second-order valence-electron chi connectivity index (χ2n) is 4.80. The van der Waals surface area contributed by atoms with E-state index in [1.165, 1.54) is 24.2 Å². The van der Waals surface area contributed by atoms with Crippen LogP contribution in [0, 0.1) is 0 Å². The van der Waals surface area contributed by atoms with E-state index in [2.05, 4.69) is 32.7 Å². The van der Waals surface area contributed by atoms with E-state index in [-0.39, 0.29) is 0 Å². The molecule has 0 aliphatic carbocycles. The van der Waals surface area contributed by atoms with Crippen LogP contribution < -0.4 is 15.5 Å².